The molecular weight excluding hydrogens is 658 g/mol. The third-order valence-electron chi connectivity index (χ3n) is 8.10. The number of fused-ring (bicyclic) bond motifs is 1. The lowest BCUT2D eigenvalue weighted by atomic mass is 9.99. The van der Waals surface area contributed by atoms with E-state index in [0.29, 0.717) is 34.7 Å². The second-order valence-electron chi connectivity index (χ2n) is 13.1. The zero-order chi connectivity index (χ0) is 35.8. The second-order valence-corrected chi connectivity index (χ2v) is 13.1. The van der Waals surface area contributed by atoms with Gasteiger partial charge >= 0.3 is 12.3 Å². The quantitative estimate of drug-likeness (QED) is 0.153. The Labute approximate surface area is 283 Å². The number of benzene rings is 2. The Kier molecular flexibility index (Phi) is 9.16. The minimum absolute atomic E-state index is 0.0322. The number of hydrogen-bond donors (Lipinski definition) is 2. The van der Waals surface area contributed by atoms with Gasteiger partial charge in [-0.1, -0.05) is 25.0 Å². The normalized spacial score (nSPS) is 14.0. The molecule has 2 amide bonds. The number of ether oxygens (including phenoxy) is 1. The molecule has 50 heavy (non-hydrogen) atoms. The van der Waals surface area contributed by atoms with Crippen LogP contribution in [0.3, 0.4) is 0 Å². The van der Waals surface area contributed by atoms with Crippen LogP contribution in [-0.4, -0.2) is 41.9 Å². The van der Waals surface area contributed by atoms with Crippen LogP contribution < -0.4 is 16.2 Å². The van der Waals surface area contributed by atoms with Crippen molar-refractivity contribution in [3.8, 4) is 5.69 Å². The van der Waals surface area contributed by atoms with Crippen LogP contribution in [0.15, 0.2) is 78.1 Å². The molecule has 1 atom stereocenters. The molecule has 1 unspecified atom stereocenters. The van der Waals surface area contributed by atoms with E-state index in [1.807, 2.05) is 0 Å². The molecule has 0 aliphatic heterocycles. The molecule has 260 valence electrons. The zero-order valence-electron chi connectivity index (χ0n) is 27.3. The minimum Gasteiger partial charge on any atom is -0.444 e. The number of alkyl halides is 3. The fourth-order valence-corrected chi connectivity index (χ4v) is 5.58. The van der Waals surface area contributed by atoms with Gasteiger partial charge in [-0.25, -0.2) is 18.9 Å². The highest BCUT2D eigenvalue weighted by molar-refractivity contribution is 6.04. The maximum Gasteiger partial charge on any atom is 0.435 e. The molecule has 3 heterocycles. The van der Waals surface area contributed by atoms with Gasteiger partial charge in [0.25, 0.3) is 11.5 Å². The van der Waals surface area contributed by atoms with Gasteiger partial charge in [0.1, 0.15) is 22.9 Å². The molecule has 1 saturated carbocycles. The van der Waals surface area contributed by atoms with Crippen LogP contribution in [-0.2, 0) is 10.9 Å². The highest BCUT2D eigenvalue weighted by atomic mass is 19.4. The summed E-state index contributed by atoms with van der Waals surface area (Å²) in [5.41, 5.74) is -2.80. The van der Waals surface area contributed by atoms with Crippen LogP contribution in [0.5, 0.6) is 0 Å². The molecule has 0 bridgehead atoms. The molecule has 1 fully saturated rings. The van der Waals surface area contributed by atoms with Crippen molar-refractivity contribution in [2.75, 3.05) is 10.6 Å². The summed E-state index contributed by atoms with van der Waals surface area (Å²) in [5, 5.41) is 9.54. The number of pyridine rings is 1. The molecule has 6 rings (SSSR count). The first-order chi connectivity index (χ1) is 23.7. The van der Waals surface area contributed by atoms with Crippen molar-refractivity contribution in [3.63, 3.8) is 0 Å². The number of hydrogen-bond acceptors (Lipinski definition) is 7. The van der Waals surface area contributed by atoms with Gasteiger partial charge in [0.15, 0.2) is 5.69 Å². The monoisotopic (exact) mass is 691 g/mol. The van der Waals surface area contributed by atoms with Gasteiger partial charge in [-0.3, -0.25) is 19.9 Å². The molecule has 2 N–H and O–H groups in total. The molecule has 1 aliphatic carbocycles. The highest BCUT2D eigenvalue weighted by Gasteiger charge is 2.36. The SMILES string of the molecule is CC(C)(C)OC(=O)Nc1nccc2ccc(-n3nc(C(F)(F)F)cc3C(=O)Nc3cc(C(CCC4CC4)n4ccncc4=O)ccc3F)cc12. The van der Waals surface area contributed by atoms with Crippen molar-refractivity contribution in [1.29, 1.82) is 0 Å². The minimum atomic E-state index is -4.92. The van der Waals surface area contributed by atoms with E-state index < -0.39 is 47.0 Å². The van der Waals surface area contributed by atoms with Crippen molar-refractivity contribution >= 4 is 34.3 Å². The molecule has 1 aliphatic rings. The van der Waals surface area contributed by atoms with Crippen LogP contribution >= 0.6 is 0 Å². The molecular formula is C35H33F4N7O4. The number of anilines is 2. The number of carbonyl (C=O) groups excluding carboxylic acids is 2. The summed E-state index contributed by atoms with van der Waals surface area (Å²) < 4.78 is 64.6. The van der Waals surface area contributed by atoms with Gasteiger partial charge in [-0.15, -0.1) is 0 Å². The molecule has 0 saturated heterocycles. The van der Waals surface area contributed by atoms with E-state index in [2.05, 4.69) is 25.7 Å². The second kappa shape index (κ2) is 13.4. The van der Waals surface area contributed by atoms with E-state index in [1.165, 1.54) is 53.6 Å². The Hall–Kier alpha value is -5.60. The standard InChI is InChI=1S/C35H33F4N7O4/c1-34(2,3)50-33(49)43-31-24-17-23(9-7-21(24)12-13-41-31)46-28(18-29(44-46)35(37,38)39)32(48)42-26-16-22(8-10-25(26)36)27(11-6-20-4-5-20)45-15-14-40-19-30(45)47/h7-10,12-20,27H,4-6,11H2,1-3H3,(H,42,48)(H,41,43,49). The van der Waals surface area contributed by atoms with Crippen LogP contribution in [0, 0.1) is 11.7 Å². The van der Waals surface area contributed by atoms with Crippen LogP contribution in [0.1, 0.15) is 74.2 Å². The first kappa shape index (κ1) is 34.3. The molecule has 11 nitrogen and oxygen atoms in total. The maximum atomic E-state index is 15.2. The van der Waals surface area contributed by atoms with Gasteiger partial charge in [-0.05, 0) is 80.8 Å². The molecule has 5 aromatic rings. The average molecular weight is 692 g/mol. The van der Waals surface area contributed by atoms with E-state index in [4.69, 9.17) is 4.74 Å². The first-order valence-corrected chi connectivity index (χ1v) is 15.9. The zero-order valence-corrected chi connectivity index (χ0v) is 27.3. The van der Waals surface area contributed by atoms with Crippen molar-refractivity contribution in [1.82, 2.24) is 24.3 Å². The lowest BCUT2D eigenvalue weighted by Crippen LogP contribution is -2.27. The summed E-state index contributed by atoms with van der Waals surface area (Å²) in [6.45, 7) is 5.05. The van der Waals surface area contributed by atoms with Crippen molar-refractivity contribution in [3.05, 3.63) is 106 Å². The summed E-state index contributed by atoms with van der Waals surface area (Å²) >= 11 is 0. The predicted octanol–water partition coefficient (Wildman–Crippen LogP) is 7.51. The van der Waals surface area contributed by atoms with Crippen molar-refractivity contribution < 1.29 is 31.9 Å². The predicted molar refractivity (Wildman–Crippen MR) is 177 cm³/mol. The Morgan fingerprint density at radius 3 is 2.50 bits per heavy atom. The number of carbonyl (C=O) groups is 2. The van der Waals surface area contributed by atoms with E-state index >= 15 is 4.39 Å². The highest BCUT2D eigenvalue weighted by Crippen LogP contribution is 2.37. The largest absolute Gasteiger partial charge is 0.444 e. The van der Waals surface area contributed by atoms with Gasteiger partial charge in [0.05, 0.1) is 23.6 Å². The first-order valence-electron chi connectivity index (χ1n) is 15.9. The van der Waals surface area contributed by atoms with E-state index in [1.54, 1.807) is 32.9 Å². The number of rotatable bonds is 9. The van der Waals surface area contributed by atoms with E-state index in [0.717, 1.165) is 30.0 Å². The summed E-state index contributed by atoms with van der Waals surface area (Å²) in [6.07, 6.45) is 3.47. The molecule has 2 aromatic carbocycles. The average Bonchev–Trinajstić information content (AvgIpc) is 3.75. The summed E-state index contributed by atoms with van der Waals surface area (Å²) in [7, 11) is 0. The molecule has 15 heteroatoms. The van der Waals surface area contributed by atoms with E-state index in [-0.39, 0.29) is 22.8 Å². The summed E-state index contributed by atoms with van der Waals surface area (Å²) in [4.78, 5) is 46.9. The Bertz CT molecular complexity index is 2130. The number of nitrogens with zero attached hydrogens (tertiary/aromatic N) is 5. The Balaban J connectivity index is 1.36. The third kappa shape index (κ3) is 7.82. The summed E-state index contributed by atoms with van der Waals surface area (Å²) in [5.74, 6) is -1.30. The lowest BCUT2D eigenvalue weighted by Gasteiger charge is -2.21. The number of nitrogens with one attached hydrogen (secondary N) is 2. The van der Waals surface area contributed by atoms with Gasteiger partial charge in [0, 0.05) is 30.0 Å². The Morgan fingerprint density at radius 2 is 1.80 bits per heavy atom. The Morgan fingerprint density at radius 1 is 1.02 bits per heavy atom. The fourth-order valence-electron chi connectivity index (χ4n) is 5.58. The number of halogens is 4. The summed E-state index contributed by atoms with van der Waals surface area (Å²) in [6, 6.07) is 10.1. The topological polar surface area (TPSA) is 133 Å². The van der Waals surface area contributed by atoms with Crippen molar-refractivity contribution in [2.45, 2.75) is 64.3 Å². The third-order valence-corrected chi connectivity index (χ3v) is 8.10. The van der Waals surface area contributed by atoms with E-state index in [9.17, 15) is 27.6 Å². The molecule has 3 aromatic heterocycles. The van der Waals surface area contributed by atoms with Crippen LogP contribution in [0.25, 0.3) is 16.5 Å². The van der Waals surface area contributed by atoms with Crippen molar-refractivity contribution in [2.24, 2.45) is 5.92 Å². The number of aromatic nitrogens is 5. The van der Waals surface area contributed by atoms with Gasteiger partial charge in [-0.2, -0.15) is 18.3 Å². The molecule has 0 spiro atoms. The van der Waals surface area contributed by atoms with Crippen LogP contribution in [0.2, 0.25) is 0 Å². The lowest BCUT2D eigenvalue weighted by molar-refractivity contribution is -0.141. The molecule has 0 radical (unpaired) electrons. The maximum absolute atomic E-state index is 15.2. The fraction of sp³-hybridized carbons (Fsp3) is 0.314. The number of amides is 2. The smallest absolute Gasteiger partial charge is 0.435 e. The van der Waals surface area contributed by atoms with Crippen LogP contribution in [0.4, 0.5) is 33.9 Å². The van der Waals surface area contributed by atoms with Gasteiger partial charge in [0.2, 0.25) is 0 Å². The van der Waals surface area contributed by atoms with Gasteiger partial charge < -0.3 is 14.6 Å².